The lowest BCUT2D eigenvalue weighted by atomic mass is 10.1. The van der Waals surface area contributed by atoms with Crippen molar-refractivity contribution in [2.75, 3.05) is 0 Å². The van der Waals surface area contributed by atoms with E-state index in [1.807, 2.05) is 26.0 Å². The third-order valence-corrected chi connectivity index (χ3v) is 4.05. The molecule has 0 unspecified atom stereocenters. The van der Waals surface area contributed by atoms with Gasteiger partial charge in [-0.25, -0.2) is 4.98 Å². The molecule has 3 nitrogen and oxygen atoms in total. The minimum Gasteiger partial charge on any atom is -0.438 e. The molecule has 4 heteroatoms. The zero-order valence-corrected chi connectivity index (χ0v) is 13.1. The fourth-order valence-corrected chi connectivity index (χ4v) is 3.15. The van der Waals surface area contributed by atoms with E-state index in [1.165, 1.54) is 17.5 Å². The SMILES string of the molecule is Cc1cc(C)c(C(N)=S)c(Oc2ccc3c(c2)CCC3)n1. The van der Waals surface area contributed by atoms with Crippen molar-refractivity contribution in [3.63, 3.8) is 0 Å². The number of nitrogens with two attached hydrogens (primary N) is 1. The Morgan fingerprint density at radius 1 is 1.19 bits per heavy atom. The molecule has 0 saturated heterocycles. The third-order valence-electron chi connectivity index (χ3n) is 3.84. The number of aryl methyl sites for hydroxylation is 4. The fraction of sp³-hybridized carbons (Fsp3) is 0.294. The third kappa shape index (κ3) is 2.76. The van der Waals surface area contributed by atoms with Gasteiger partial charge in [-0.2, -0.15) is 0 Å². The van der Waals surface area contributed by atoms with Gasteiger partial charge in [-0.15, -0.1) is 0 Å². The standard InChI is InChI=1S/C17H18N2OS/c1-10-8-11(2)19-17(15(10)16(18)21)20-14-7-6-12-4-3-5-13(12)9-14/h6-9H,3-5H2,1-2H3,(H2,18,21). The van der Waals surface area contributed by atoms with Gasteiger partial charge in [-0.05, 0) is 68.0 Å². The van der Waals surface area contributed by atoms with Gasteiger partial charge in [0.05, 0.1) is 5.56 Å². The van der Waals surface area contributed by atoms with Crippen molar-refractivity contribution in [1.82, 2.24) is 4.98 Å². The molecule has 3 rings (SSSR count). The minimum atomic E-state index is 0.316. The molecule has 0 amide bonds. The van der Waals surface area contributed by atoms with Crippen LogP contribution in [-0.4, -0.2) is 9.97 Å². The Balaban J connectivity index is 1.99. The summed E-state index contributed by atoms with van der Waals surface area (Å²) in [7, 11) is 0. The van der Waals surface area contributed by atoms with Crippen LogP contribution in [0, 0.1) is 13.8 Å². The van der Waals surface area contributed by atoms with E-state index in [1.54, 1.807) is 0 Å². The molecular formula is C17H18N2OS. The number of aromatic nitrogens is 1. The molecule has 0 fully saturated rings. The summed E-state index contributed by atoms with van der Waals surface area (Å²) in [5.74, 6) is 1.29. The van der Waals surface area contributed by atoms with Gasteiger partial charge in [0.1, 0.15) is 10.7 Å². The molecule has 2 aromatic rings. The van der Waals surface area contributed by atoms with Crippen molar-refractivity contribution < 1.29 is 4.74 Å². The number of hydrogen-bond donors (Lipinski definition) is 1. The molecule has 1 heterocycles. The molecule has 108 valence electrons. The maximum atomic E-state index is 5.98. The maximum Gasteiger partial charge on any atom is 0.229 e. The van der Waals surface area contributed by atoms with E-state index >= 15 is 0 Å². The molecule has 0 aliphatic heterocycles. The first-order chi connectivity index (χ1) is 10.0. The van der Waals surface area contributed by atoms with Crippen LogP contribution in [-0.2, 0) is 12.8 Å². The lowest BCUT2D eigenvalue weighted by Crippen LogP contribution is -2.14. The van der Waals surface area contributed by atoms with Gasteiger partial charge in [0.2, 0.25) is 5.88 Å². The van der Waals surface area contributed by atoms with E-state index in [-0.39, 0.29) is 0 Å². The Morgan fingerprint density at radius 3 is 2.71 bits per heavy atom. The summed E-state index contributed by atoms with van der Waals surface area (Å²) in [6.07, 6.45) is 3.50. The second-order valence-electron chi connectivity index (χ2n) is 5.51. The fourth-order valence-electron chi connectivity index (χ4n) is 2.90. The molecule has 0 radical (unpaired) electrons. The summed E-state index contributed by atoms with van der Waals surface area (Å²) in [5.41, 5.74) is 11.2. The van der Waals surface area contributed by atoms with Crippen LogP contribution >= 0.6 is 12.2 Å². The second kappa shape index (κ2) is 5.45. The van der Waals surface area contributed by atoms with E-state index in [0.717, 1.165) is 35.4 Å². The average Bonchev–Trinajstić information content (AvgIpc) is 2.84. The molecule has 21 heavy (non-hydrogen) atoms. The van der Waals surface area contributed by atoms with E-state index in [0.29, 0.717) is 10.9 Å². The molecule has 1 aliphatic rings. The summed E-state index contributed by atoms with van der Waals surface area (Å²) in [6.45, 7) is 3.91. The van der Waals surface area contributed by atoms with Gasteiger partial charge in [-0.1, -0.05) is 18.3 Å². The van der Waals surface area contributed by atoms with E-state index in [9.17, 15) is 0 Å². The molecule has 2 N–H and O–H groups in total. The highest BCUT2D eigenvalue weighted by molar-refractivity contribution is 7.80. The lowest BCUT2D eigenvalue weighted by molar-refractivity contribution is 0.459. The quantitative estimate of drug-likeness (QED) is 0.879. The molecule has 1 aromatic carbocycles. The van der Waals surface area contributed by atoms with E-state index in [2.05, 4.69) is 17.1 Å². The molecule has 1 aliphatic carbocycles. The molecule has 0 saturated carbocycles. The van der Waals surface area contributed by atoms with Gasteiger partial charge < -0.3 is 10.5 Å². The van der Waals surface area contributed by atoms with Crippen LogP contribution in [0.15, 0.2) is 24.3 Å². The Bertz CT molecular complexity index is 725. The molecule has 0 spiro atoms. The first-order valence-electron chi connectivity index (χ1n) is 7.12. The molecule has 1 aromatic heterocycles. The average molecular weight is 298 g/mol. The number of benzene rings is 1. The number of thiocarbonyl (C=S) groups is 1. The monoisotopic (exact) mass is 298 g/mol. The smallest absolute Gasteiger partial charge is 0.229 e. The normalized spacial score (nSPS) is 13.0. The number of rotatable bonds is 3. The van der Waals surface area contributed by atoms with Crippen molar-refractivity contribution in [3.05, 3.63) is 52.2 Å². The minimum absolute atomic E-state index is 0.316. The lowest BCUT2D eigenvalue weighted by Gasteiger charge is -2.13. The summed E-state index contributed by atoms with van der Waals surface area (Å²) >= 11 is 5.13. The number of hydrogen-bond acceptors (Lipinski definition) is 3. The zero-order valence-electron chi connectivity index (χ0n) is 12.3. The molecule has 0 bridgehead atoms. The van der Waals surface area contributed by atoms with Crippen molar-refractivity contribution in [2.45, 2.75) is 33.1 Å². The summed E-state index contributed by atoms with van der Waals surface area (Å²) in [6, 6.07) is 8.20. The number of ether oxygens (including phenoxy) is 1. The van der Waals surface area contributed by atoms with Crippen LogP contribution < -0.4 is 10.5 Å². The van der Waals surface area contributed by atoms with Crippen LogP contribution in [0.4, 0.5) is 0 Å². The van der Waals surface area contributed by atoms with Gasteiger partial charge in [0, 0.05) is 5.69 Å². The van der Waals surface area contributed by atoms with Crippen LogP contribution in [0.1, 0.15) is 34.4 Å². The highest BCUT2D eigenvalue weighted by Gasteiger charge is 2.16. The summed E-state index contributed by atoms with van der Waals surface area (Å²) in [5, 5.41) is 0. The zero-order chi connectivity index (χ0) is 15.0. The maximum absolute atomic E-state index is 5.98. The highest BCUT2D eigenvalue weighted by Crippen LogP contribution is 2.30. The Hall–Kier alpha value is -1.94. The van der Waals surface area contributed by atoms with Gasteiger partial charge in [0.25, 0.3) is 0 Å². The first-order valence-corrected chi connectivity index (χ1v) is 7.53. The number of fused-ring (bicyclic) bond motifs is 1. The predicted molar refractivity (Wildman–Crippen MR) is 88.1 cm³/mol. The van der Waals surface area contributed by atoms with Crippen molar-refractivity contribution in [3.8, 4) is 11.6 Å². The topological polar surface area (TPSA) is 48.1 Å². The van der Waals surface area contributed by atoms with Crippen LogP contribution in [0.25, 0.3) is 0 Å². The van der Waals surface area contributed by atoms with E-state index in [4.69, 9.17) is 22.7 Å². The van der Waals surface area contributed by atoms with Gasteiger partial charge >= 0.3 is 0 Å². The van der Waals surface area contributed by atoms with Crippen molar-refractivity contribution in [1.29, 1.82) is 0 Å². The van der Waals surface area contributed by atoms with Crippen molar-refractivity contribution >= 4 is 17.2 Å². The van der Waals surface area contributed by atoms with Gasteiger partial charge in [-0.3, -0.25) is 0 Å². The van der Waals surface area contributed by atoms with Crippen molar-refractivity contribution in [2.24, 2.45) is 5.73 Å². The first kappa shape index (κ1) is 14.0. The summed E-state index contributed by atoms with van der Waals surface area (Å²) < 4.78 is 5.98. The largest absolute Gasteiger partial charge is 0.438 e. The second-order valence-corrected chi connectivity index (χ2v) is 5.95. The van der Waals surface area contributed by atoms with Crippen LogP contribution in [0.2, 0.25) is 0 Å². The Morgan fingerprint density at radius 2 is 1.95 bits per heavy atom. The van der Waals surface area contributed by atoms with Crippen LogP contribution in [0.3, 0.4) is 0 Å². The number of pyridine rings is 1. The van der Waals surface area contributed by atoms with Crippen LogP contribution in [0.5, 0.6) is 11.6 Å². The van der Waals surface area contributed by atoms with Gasteiger partial charge in [0.15, 0.2) is 0 Å². The highest BCUT2D eigenvalue weighted by atomic mass is 32.1. The summed E-state index contributed by atoms with van der Waals surface area (Å²) in [4.78, 5) is 4.77. The molecule has 0 atom stereocenters. The Labute approximate surface area is 130 Å². The predicted octanol–water partition coefficient (Wildman–Crippen LogP) is 3.61. The molecular weight excluding hydrogens is 280 g/mol. The van der Waals surface area contributed by atoms with E-state index < -0.39 is 0 Å². The number of nitrogens with zero attached hydrogens (tertiary/aromatic N) is 1. The Kier molecular flexibility index (Phi) is 3.64.